The lowest BCUT2D eigenvalue weighted by atomic mass is 10.1. The maximum absolute atomic E-state index is 12.2. The van der Waals surface area contributed by atoms with Crippen molar-refractivity contribution in [3.05, 3.63) is 90.5 Å². The van der Waals surface area contributed by atoms with Crippen LogP contribution in [0.15, 0.2) is 84.9 Å². The average molecular weight is 332 g/mol. The van der Waals surface area contributed by atoms with E-state index in [2.05, 4.69) is 5.32 Å². The predicted molar refractivity (Wildman–Crippen MR) is 99.7 cm³/mol. The van der Waals surface area contributed by atoms with Crippen LogP contribution >= 0.6 is 0 Å². The van der Waals surface area contributed by atoms with Crippen LogP contribution in [0.5, 0.6) is 11.5 Å². The quantitative estimate of drug-likeness (QED) is 0.717. The van der Waals surface area contributed by atoms with Crippen LogP contribution in [-0.4, -0.2) is 11.9 Å². The molecule has 4 nitrogen and oxygen atoms in total. The first-order valence-electron chi connectivity index (χ1n) is 8.14. The first-order valence-corrected chi connectivity index (χ1v) is 8.14. The molecule has 126 valence electrons. The van der Waals surface area contributed by atoms with Gasteiger partial charge >= 0.3 is 0 Å². The Bertz CT molecular complexity index is 802. The summed E-state index contributed by atoms with van der Waals surface area (Å²) < 4.78 is 5.73. The number of carbonyl (C=O) groups is 1. The van der Waals surface area contributed by atoms with Gasteiger partial charge in [0.15, 0.2) is 0 Å². The summed E-state index contributed by atoms with van der Waals surface area (Å²) in [6.45, 7) is 0. The molecule has 0 spiro atoms. The summed E-state index contributed by atoms with van der Waals surface area (Å²) in [6.07, 6.45) is 0.502. The molecule has 0 aliphatic rings. The summed E-state index contributed by atoms with van der Waals surface area (Å²) in [7, 11) is 0. The third-order valence-corrected chi connectivity index (χ3v) is 3.74. The highest BCUT2D eigenvalue weighted by Crippen LogP contribution is 2.22. The van der Waals surface area contributed by atoms with E-state index in [4.69, 9.17) is 10.5 Å². The molecule has 1 amide bonds. The zero-order valence-electron chi connectivity index (χ0n) is 13.8. The molecular formula is C21H20N2O2. The zero-order chi connectivity index (χ0) is 17.5. The molecule has 1 atom stereocenters. The largest absolute Gasteiger partial charge is 0.457 e. The fourth-order valence-corrected chi connectivity index (χ4v) is 2.43. The Balaban J connectivity index is 1.56. The minimum atomic E-state index is -0.595. The third kappa shape index (κ3) is 4.93. The Hall–Kier alpha value is -3.11. The smallest absolute Gasteiger partial charge is 0.241 e. The SMILES string of the molecule is NC(Cc1ccccc1)C(=O)Nc1ccc(Oc2ccccc2)cc1. The van der Waals surface area contributed by atoms with Gasteiger partial charge in [0.25, 0.3) is 0 Å². The number of hydrogen-bond acceptors (Lipinski definition) is 3. The van der Waals surface area contributed by atoms with Crippen LogP contribution in [0.25, 0.3) is 0 Å². The fourth-order valence-electron chi connectivity index (χ4n) is 2.43. The molecular weight excluding hydrogens is 312 g/mol. The van der Waals surface area contributed by atoms with Gasteiger partial charge in [-0.1, -0.05) is 48.5 Å². The Morgan fingerprint density at radius 1 is 0.840 bits per heavy atom. The maximum Gasteiger partial charge on any atom is 0.241 e. The summed E-state index contributed by atoms with van der Waals surface area (Å²) in [6, 6.07) is 25.9. The van der Waals surface area contributed by atoms with Gasteiger partial charge in [0.05, 0.1) is 6.04 Å². The van der Waals surface area contributed by atoms with Crippen LogP contribution in [-0.2, 0) is 11.2 Å². The van der Waals surface area contributed by atoms with E-state index >= 15 is 0 Å². The van der Waals surface area contributed by atoms with Crippen molar-refractivity contribution in [3.8, 4) is 11.5 Å². The van der Waals surface area contributed by atoms with Crippen molar-refractivity contribution >= 4 is 11.6 Å². The van der Waals surface area contributed by atoms with E-state index < -0.39 is 6.04 Å². The van der Waals surface area contributed by atoms with Crippen LogP contribution in [0, 0.1) is 0 Å². The molecule has 3 N–H and O–H groups in total. The number of nitrogens with two attached hydrogens (primary N) is 1. The van der Waals surface area contributed by atoms with Crippen LogP contribution in [0.2, 0.25) is 0 Å². The molecule has 3 rings (SSSR count). The van der Waals surface area contributed by atoms with E-state index in [1.165, 1.54) is 0 Å². The lowest BCUT2D eigenvalue weighted by Gasteiger charge is -2.13. The number of rotatable bonds is 6. The lowest BCUT2D eigenvalue weighted by molar-refractivity contribution is -0.117. The van der Waals surface area contributed by atoms with Gasteiger partial charge in [-0.25, -0.2) is 0 Å². The van der Waals surface area contributed by atoms with Gasteiger partial charge in [0.1, 0.15) is 11.5 Å². The predicted octanol–water partition coefficient (Wildman–Crippen LogP) is 3.99. The van der Waals surface area contributed by atoms with E-state index in [9.17, 15) is 4.79 Å². The summed E-state index contributed by atoms with van der Waals surface area (Å²) in [5.74, 6) is 1.27. The second kappa shape index (κ2) is 8.13. The van der Waals surface area contributed by atoms with E-state index in [1.807, 2.05) is 72.8 Å². The zero-order valence-corrected chi connectivity index (χ0v) is 13.8. The number of amides is 1. The van der Waals surface area contributed by atoms with E-state index in [-0.39, 0.29) is 5.91 Å². The molecule has 0 saturated carbocycles. The molecule has 0 fully saturated rings. The standard InChI is InChI=1S/C21H20N2O2/c22-20(15-16-7-3-1-4-8-16)21(24)23-17-11-13-19(14-12-17)25-18-9-5-2-6-10-18/h1-14,20H,15,22H2,(H,23,24). The first-order chi connectivity index (χ1) is 12.2. The van der Waals surface area contributed by atoms with Gasteiger partial charge in [-0.15, -0.1) is 0 Å². The molecule has 0 aromatic heterocycles. The number of anilines is 1. The molecule has 0 heterocycles. The highest BCUT2D eigenvalue weighted by atomic mass is 16.5. The van der Waals surface area contributed by atoms with Gasteiger partial charge in [-0.3, -0.25) is 4.79 Å². The normalized spacial score (nSPS) is 11.6. The van der Waals surface area contributed by atoms with Gasteiger partial charge in [-0.05, 0) is 48.4 Å². The summed E-state index contributed by atoms with van der Waals surface area (Å²) in [5.41, 5.74) is 7.72. The van der Waals surface area contributed by atoms with E-state index in [0.29, 0.717) is 17.9 Å². The van der Waals surface area contributed by atoms with Crippen LogP contribution < -0.4 is 15.8 Å². The Kier molecular flexibility index (Phi) is 5.44. The van der Waals surface area contributed by atoms with Gasteiger partial charge < -0.3 is 15.8 Å². The Morgan fingerprint density at radius 3 is 2.04 bits per heavy atom. The molecule has 0 saturated heterocycles. The minimum Gasteiger partial charge on any atom is -0.457 e. The van der Waals surface area contributed by atoms with Crippen molar-refractivity contribution in [2.24, 2.45) is 5.73 Å². The van der Waals surface area contributed by atoms with Gasteiger partial charge in [0, 0.05) is 5.69 Å². The number of hydrogen-bond donors (Lipinski definition) is 2. The number of benzene rings is 3. The van der Waals surface area contributed by atoms with Crippen molar-refractivity contribution in [1.82, 2.24) is 0 Å². The number of carbonyl (C=O) groups excluding carboxylic acids is 1. The highest BCUT2D eigenvalue weighted by molar-refractivity contribution is 5.94. The molecule has 0 aliphatic heterocycles. The fraction of sp³-hybridized carbons (Fsp3) is 0.0952. The van der Waals surface area contributed by atoms with Crippen LogP contribution in [0.4, 0.5) is 5.69 Å². The average Bonchev–Trinajstić information content (AvgIpc) is 2.65. The molecule has 0 radical (unpaired) electrons. The Morgan fingerprint density at radius 2 is 1.40 bits per heavy atom. The number of para-hydroxylation sites is 1. The van der Waals surface area contributed by atoms with Crippen molar-refractivity contribution in [2.75, 3.05) is 5.32 Å². The molecule has 1 unspecified atom stereocenters. The highest BCUT2D eigenvalue weighted by Gasteiger charge is 2.14. The number of nitrogens with one attached hydrogen (secondary N) is 1. The third-order valence-electron chi connectivity index (χ3n) is 3.74. The monoisotopic (exact) mass is 332 g/mol. The molecule has 0 aliphatic carbocycles. The van der Waals surface area contributed by atoms with Gasteiger partial charge in [-0.2, -0.15) is 0 Å². The second-order valence-corrected chi connectivity index (χ2v) is 5.72. The molecule has 0 bridgehead atoms. The summed E-state index contributed by atoms with van der Waals surface area (Å²) >= 11 is 0. The lowest BCUT2D eigenvalue weighted by Crippen LogP contribution is -2.37. The summed E-state index contributed by atoms with van der Waals surface area (Å²) in [5, 5.41) is 2.83. The van der Waals surface area contributed by atoms with Gasteiger partial charge in [0.2, 0.25) is 5.91 Å². The topological polar surface area (TPSA) is 64.4 Å². The van der Waals surface area contributed by atoms with Crippen LogP contribution in [0.3, 0.4) is 0 Å². The van der Waals surface area contributed by atoms with E-state index in [1.54, 1.807) is 12.1 Å². The van der Waals surface area contributed by atoms with Crippen molar-refractivity contribution in [2.45, 2.75) is 12.5 Å². The van der Waals surface area contributed by atoms with Crippen molar-refractivity contribution in [1.29, 1.82) is 0 Å². The maximum atomic E-state index is 12.2. The van der Waals surface area contributed by atoms with Crippen molar-refractivity contribution in [3.63, 3.8) is 0 Å². The second-order valence-electron chi connectivity index (χ2n) is 5.72. The van der Waals surface area contributed by atoms with E-state index in [0.717, 1.165) is 11.3 Å². The first kappa shape index (κ1) is 16.7. The molecule has 4 heteroatoms. The Labute approximate surface area is 147 Å². The molecule has 3 aromatic rings. The summed E-state index contributed by atoms with van der Waals surface area (Å²) in [4.78, 5) is 12.2. The molecule has 25 heavy (non-hydrogen) atoms. The van der Waals surface area contributed by atoms with Crippen molar-refractivity contribution < 1.29 is 9.53 Å². The number of ether oxygens (including phenoxy) is 1. The van der Waals surface area contributed by atoms with Crippen LogP contribution in [0.1, 0.15) is 5.56 Å². The molecule has 3 aromatic carbocycles. The minimum absolute atomic E-state index is 0.208.